The maximum absolute atomic E-state index is 3.97. The molecule has 0 aromatic heterocycles. The highest BCUT2D eigenvalue weighted by Crippen LogP contribution is 2.27. The van der Waals surface area contributed by atoms with Crippen LogP contribution in [0, 0.1) is 5.92 Å². The van der Waals surface area contributed by atoms with Crippen LogP contribution >= 0.6 is 0 Å². The number of rotatable bonds is 2. The molecule has 1 aliphatic carbocycles. The highest BCUT2D eigenvalue weighted by Gasteiger charge is 2.11. The Kier molecular flexibility index (Phi) is 6.21. The van der Waals surface area contributed by atoms with E-state index < -0.39 is 0 Å². The van der Waals surface area contributed by atoms with Crippen LogP contribution < -0.4 is 0 Å². The van der Waals surface area contributed by atoms with Crippen molar-refractivity contribution in [2.45, 2.75) is 33.1 Å². The SMILES string of the molecule is C=C(C)C1CC=C(C)CC1.C=Cc1ccccc1. The van der Waals surface area contributed by atoms with Gasteiger partial charge in [0.25, 0.3) is 0 Å². The molecule has 0 amide bonds. The van der Waals surface area contributed by atoms with E-state index >= 15 is 0 Å². The summed E-state index contributed by atoms with van der Waals surface area (Å²) in [5.41, 5.74) is 4.08. The van der Waals surface area contributed by atoms with Crippen molar-refractivity contribution in [3.8, 4) is 0 Å². The summed E-state index contributed by atoms with van der Waals surface area (Å²) in [7, 11) is 0. The molecule has 0 N–H and O–H groups in total. The Bertz CT molecular complexity index is 409. The average Bonchev–Trinajstić information content (AvgIpc) is 2.41. The van der Waals surface area contributed by atoms with Crippen molar-refractivity contribution in [3.05, 3.63) is 66.3 Å². The van der Waals surface area contributed by atoms with Crippen LogP contribution in [-0.2, 0) is 0 Å². The smallest absolute Gasteiger partial charge is 0.0171 e. The standard InChI is InChI=1S/C10H16.C8H8/c1-8(2)10-6-4-9(3)5-7-10;1-2-8-6-4-3-5-7-8/h4,10H,1,5-7H2,2-3H3;2-7H,1H2. The summed E-state index contributed by atoms with van der Waals surface area (Å²) in [4.78, 5) is 0. The van der Waals surface area contributed by atoms with Crippen molar-refractivity contribution in [1.82, 2.24) is 0 Å². The lowest BCUT2D eigenvalue weighted by Crippen LogP contribution is -2.04. The molecule has 0 nitrogen and oxygen atoms in total. The molecule has 0 saturated carbocycles. The molecule has 0 saturated heterocycles. The van der Waals surface area contributed by atoms with Crippen molar-refractivity contribution >= 4 is 6.08 Å². The molecule has 0 bridgehead atoms. The first-order chi connectivity index (χ1) is 8.63. The summed E-state index contributed by atoms with van der Waals surface area (Å²) >= 11 is 0. The molecule has 1 aliphatic rings. The summed E-state index contributed by atoms with van der Waals surface area (Å²) in [6.45, 7) is 12.0. The lowest BCUT2D eigenvalue weighted by atomic mass is 9.86. The fourth-order valence-electron chi connectivity index (χ4n) is 2.00. The van der Waals surface area contributed by atoms with E-state index in [4.69, 9.17) is 0 Å². The number of hydrogen-bond acceptors (Lipinski definition) is 0. The molecule has 0 aliphatic heterocycles. The van der Waals surface area contributed by atoms with Gasteiger partial charge in [-0.2, -0.15) is 0 Å². The molecule has 2 rings (SSSR count). The second-order valence-electron chi connectivity index (χ2n) is 4.98. The predicted octanol–water partition coefficient (Wildman–Crippen LogP) is 5.64. The summed E-state index contributed by atoms with van der Waals surface area (Å²) in [6.07, 6.45) is 8.00. The van der Waals surface area contributed by atoms with Gasteiger partial charge in [-0.05, 0) is 44.6 Å². The van der Waals surface area contributed by atoms with E-state index in [2.05, 4.69) is 33.1 Å². The molecule has 1 atom stereocenters. The second kappa shape index (κ2) is 7.71. The number of hydrogen-bond donors (Lipinski definition) is 0. The maximum atomic E-state index is 3.97. The summed E-state index contributed by atoms with van der Waals surface area (Å²) in [5, 5.41) is 0. The number of allylic oxidation sites excluding steroid dienone is 3. The predicted molar refractivity (Wildman–Crippen MR) is 82.4 cm³/mol. The van der Waals surface area contributed by atoms with Gasteiger partial charge in [0.1, 0.15) is 0 Å². The monoisotopic (exact) mass is 240 g/mol. The van der Waals surface area contributed by atoms with Crippen molar-refractivity contribution in [3.63, 3.8) is 0 Å². The van der Waals surface area contributed by atoms with Gasteiger partial charge in [-0.25, -0.2) is 0 Å². The second-order valence-corrected chi connectivity index (χ2v) is 4.98. The van der Waals surface area contributed by atoms with Gasteiger partial charge in [-0.1, -0.05) is 66.8 Å². The molecule has 0 radical (unpaired) electrons. The van der Waals surface area contributed by atoms with Crippen LogP contribution in [-0.4, -0.2) is 0 Å². The molecule has 0 heteroatoms. The zero-order valence-corrected chi connectivity index (χ0v) is 11.7. The van der Waals surface area contributed by atoms with E-state index in [0.717, 1.165) is 5.92 Å². The normalized spacial score (nSPS) is 18.1. The van der Waals surface area contributed by atoms with Crippen LogP contribution in [0.3, 0.4) is 0 Å². The van der Waals surface area contributed by atoms with E-state index in [1.807, 2.05) is 36.4 Å². The molecule has 18 heavy (non-hydrogen) atoms. The Hall–Kier alpha value is -1.56. The first-order valence-corrected chi connectivity index (χ1v) is 6.62. The molecule has 0 heterocycles. The molecular formula is C18H24. The van der Waals surface area contributed by atoms with Crippen molar-refractivity contribution in [2.75, 3.05) is 0 Å². The zero-order chi connectivity index (χ0) is 13.4. The quantitative estimate of drug-likeness (QED) is 0.587. The van der Waals surface area contributed by atoms with Gasteiger partial charge in [0.15, 0.2) is 0 Å². The van der Waals surface area contributed by atoms with E-state index in [-0.39, 0.29) is 0 Å². The third-order valence-corrected chi connectivity index (χ3v) is 3.37. The Morgan fingerprint density at radius 1 is 1.28 bits per heavy atom. The Labute approximate surface area is 112 Å². The van der Waals surface area contributed by atoms with Crippen LogP contribution in [0.4, 0.5) is 0 Å². The third-order valence-electron chi connectivity index (χ3n) is 3.37. The highest BCUT2D eigenvalue weighted by atomic mass is 14.2. The van der Waals surface area contributed by atoms with Crippen LogP contribution in [0.5, 0.6) is 0 Å². The topological polar surface area (TPSA) is 0 Å². The lowest BCUT2D eigenvalue weighted by molar-refractivity contribution is 0.540. The van der Waals surface area contributed by atoms with Gasteiger partial charge >= 0.3 is 0 Å². The minimum atomic E-state index is 0.767. The van der Waals surface area contributed by atoms with Crippen molar-refractivity contribution in [2.24, 2.45) is 5.92 Å². The number of benzene rings is 1. The molecule has 1 aromatic rings. The first-order valence-electron chi connectivity index (χ1n) is 6.62. The molecule has 1 aromatic carbocycles. The van der Waals surface area contributed by atoms with Gasteiger partial charge in [-0.15, -0.1) is 0 Å². The average molecular weight is 240 g/mol. The zero-order valence-electron chi connectivity index (χ0n) is 11.7. The molecule has 0 spiro atoms. The fraction of sp³-hybridized carbons (Fsp3) is 0.333. The summed E-state index contributed by atoms with van der Waals surface area (Å²) < 4.78 is 0. The largest absolute Gasteiger partial charge is 0.0998 e. The lowest BCUT2D eigenvalue weighted by Gasteiger charge is -2.19. The minimum absolute atomic E-state index is 0.767. The Balaban J connectivity index is 0.000000184. The maximum Gasteiger partial charge on any atom is -0.0171 e. The van der Waals surface area contributed by atoms with E-state index in [1.54, 1.807) is 5.57 Å². The van der Waals surface area contributed by atoms with Crippen LogP contribution in [0.15, 0.2) is 60.7 Å². The van der Waals surface area contributed by atoms with E-state index in [1.165, 1.54) is 30.4 Å². The molecular weight excluding hydrogens is 216 g/mol. The van der Waals surface area contributed by atoms with Gasteiger partial charge in [0, 0.05) is 0 Å². The van der Waals surface area contributed by atoms with Crippen LogP contribution in [0.1, 0.15) is 38.7 Å². The molecule has 1 unspecified atom stereocenters. The summed E-state index contributed by atoms with van der Waals surface area (Å²) in [5.74, 6) is 0.767. The van der Waals surface area contributed by atoms with Gasteiger partial charge in [-0.3, -0.25) is 0 Å². The van der Waals surface area contributed by atoms with Crippen LogP contribution in [0.2, 0.25) is 0 Å². The molecule has 0 fully saturated rings. The van der Waals surface area contributed by atoms with Crippen LogP contribution in [0.25, 0.3) is 6.08 Å². The van der Waals surface area contributed by atoms with E-state index in [9.17, 15) is 0 Å². The van der Waals surface area contributed by atoms with Gasteiger partial charge in [0.05, 0.1) is 0 Å². The fourth-order valence-corrected chi connectivity index (χ4v) is 2.00. The third kappa shape index (κ3) is 5.18. The van der Waals surface area contributed by atoms with E-state index in [0.29, 0.717) is 0 Å². The van der Waals surface area contributed by atoms with Crippen molar-refractivity contribution < 1.29 is 0 Å². The van der Waals surface area contributed by atoms with Crippen molar-refractivity contribution in [1.29, 1.82) is 0 Å². The Morgan fingerprint density at radius 3 is 2.33 bits per heavy atom. The molecule has 96 valence electrons. The van der Waals surface area contributed by atoms with Gasteiger partial charge in [0.2, 0.25) is 0 Å². The Morgan fingerprint density at radius 2 is 1.94 bits per heavy atom. The summed E-state index contributed by atoms with van der Waals surface area (Å²) in [6, 6.07) is 10.0. The highest BCUT2D eigenvalue weighted by molar-refractivity contribution is 5.45. The minimum Gasteiger partial charge on any atom is -0.0998 e. The van der Waals surface area contributed by atoms with Gasteiger partial charge < -0.3 is 0 Å². The first kappa shape index (κ1) is 14.5.